The summed E-state index contributed by atoms with van der Waals surface area (Å²) in [4.78, 5) is 0. The molecule has 1 nitrogen and oxygen atoms in total. The summed E-state index contributed by atoms with van der Waals surface area (Å²) >= 11 is 0. The van der Waals surface area contributed by atoms with Gasteiger partial charge in [0.05, 0.1) is 0 Å². The van der Waals surface area contributed by atoms with E-state index in [0.29, 0.717) is 0 Å². The molecule has 0 aliphatic rings. The first-order chi connectivity index (χ1) is 8.66. The zero-order valence-electron chi connectivity index (χ0n) is 10.9. The SMILES string of the molecule is C=C(C)c1ccc(OC(C)c2ccccc2)cc1. The van der Waals surface area contributed by atoms with E-state index in [1.165, 1.54) is 5.56 Å². The van der Waals surface area contributed by atoms with Gasteiger partial charge in [0, 0.05) is 0 Å². The quantitative estimate of drug-likeness (QED) is 0.739. The first-order valence-electron chi connectivity index (χ1n) is 6.14. The lowest BCUT2D eigenvalue weighted by molar-refractivity contribution is 0.227. The normalized spacial score (nSPS) is 11.9. The fourth-order valence-corrected chi connectivity index (χ4v) is 1.81. The van der Waals surface area contributed by atoms with Crippen LogP contribution in [0.15, 0.2) is 61.2 Å². The van der Waals surface area contributed by atoms with Crippen LogP contribution < -0.4 is 4.74 Å². The van der Waals surface area contributed by atoms with E-state index in [4.69, 9.17) is 4.74 Å². The lowest BCUT2D eigenvalue weighted by atomic mass is 10.1. The molecule has 0 spiro atoms. The van der Waals surface area contributed by atoms with Crippen molar-refractivity contribution in [3.8, 4) is 5.75 Å². The molecular formula is C17H18O. The molecule has 1 unspecified atom stereocenters. The average molecular weight is 238 g/mol. The number of hydrogen-bond donors (Lipinski definition) is 0. The third kappa shape index (κ3) is 3.01. The van der Waals surface area contributed by atoms with Crippen LogP contribution in [0.5, 0.6) is 5.75 Å². The summed E-state index contributed by atoms with van der Waals surface area (Å²) < 4.78 is 5.91. The van der Waals surface area contributed by atoms with Crippen LogP contribution in [-0.4, -0.2) is 0 Å². The maximum Gasteiger partial charge on any atom is 0.121 e. The fourth-order valence-electron chi connectivity index (χ4n) is 1.81. The van der Waals surface area contributed by atoms with Crippen molar-refractivity contribution >= 4 is 5.57 Å². The van der Waals surface area contributed by atoms with E-state index in [-0.39, 0.29) is 6.10 Å². The molecule has 0 N–H and O–H groups in total. The standard InChI is InChI=1S/C17H18O/c1-13(2)15-9-11-17(12-10-15)18-14(3)16-7-5-4-6-8-16/h4-12,14H,1H2,2-3H3. The molecule has 2 rings (SSSR count). The second-order valence-corrected chi connectivity index (χ2v) is 4.48. The molecule has 0 heterocycles. The van der Waals surface area contributed by atoms with E-state index in [0.717, 1.165) is 16.9 Å². The number of benzene rings is 2. The maximum absolute atomic E-state index is 5.91. The number of rotatable bonds is 4. The molecule has 0 fully saturated rings. The van der Waals surface area contributed by atoms with Crippen LogP contribution in [0.2, 0.25) is 0 Å². The van der Waals surface area contributed by atoms with Gasteiger partial charge in [-0.1, -0.05) is 54.6 Å². The van der Waals surface area contributed by atoms with Gasteiger partial charge in [-0.2, -0.15) is 0 Å². The van der Waals surface area contributed by atoms with E-state index in [2.05, 4.69) is 25.6 Å². The van der Waals surface area contributed by atoms with Crippen molar-refractivity contribution in [1.29, 1.82) is 0 Å². The highest BCUT2D eigenvalue weighted by Crippen LogP contribution is 2.23. The Kier molecular flexibility index (Phi) is 3.83. The van der Waals surface area contributed by atoms with Gasteiger partial charge in [-0.05, 0) is 37.1 Å². The molecule has 0 saturated heterocycles. The Balaban J connectivity index is 2.08. The van der Waals surface area contributed by atoms with Crippen molar-refractivity contribution in [3.05, 3.63) is 72.3 Å². The molecule has 1 heteroatoms. The monoisotopic (exact) mass is 238 g/mol. The van der Waals surface area contributed by atoms with Crippen LogP contribution in [0, 0.1) is 0 Å². The van der Waals surface area contributed by atoms with Gasteiger partial charge < -0.3 is 4.74 Å². The molecule has 18 heavy (non-hydrogen) atoms. The van der Waals surface area contributed by atoms with Crippen molar-refractivity contribution in [2.24, 2.45) is 0 Å². The second kappa shape index (κ2) is 5.54. The Morgan fingerprint density at radius 3 is 2.17 bits per heavy atom. The van der Waals surface area contributed by atoms with Gasteiger partial charge in [0.15, 0.2) is 0 Å². The van der Waals surface area contributed by atoms with E-state index in [9.17, 15) is 0 Å². The van der Waals surface area contributed by atoms with Crippen molar-refractivity contribution in [3.63, 3.8) is 0 Å². The molecule has 2 aromatic carbocycles. The minimum atomic E-state index is 0.0573. The van der Waals surface area contributed by atoms with Crippen molar-refractivity contribution in [2.45, 2.75) is 20.0 Å². The van der Waals surface area contributed by atoms with Crippen LogP contribution >= 0.6 is 0 Å². The molecule has 1 atom stereocenters. The van der Waals surface area contributed by atoms with E-state index in [1.54, 1.807) is 0 Å². The summed E-state index contributed by atoms with van der Waals surface area (Å²) in [5.74, 6) is 0.886. The van der Waals surface area contributed by atoms with Crippen LogP contribution in [-0.2, 0) is 0 Å². The predicted octanol–water partition coefficient (Wildman–Crippen LogP) is 4.86. The number of ether oxygens (including phenoxy) is 1. The molecule has 0 radical (unpaired) electrons. The third-order valence-corrected chi connectivity index (χ3v) is 2.93. The smallest absolute Gasteiger partial charge is 0.121 e. The van der Waals surface area contributed by atoms with E-state index in [1.807, 2.05) is 49.4 Å². The molecular weight excluding hydrogens is 220 g/mol. The Labute approximate surface area is 109 Å². The first-order valence-corrected chi connectivity index (χ1v) is 6.14. The molecule has 92 valence electrons. The molecule has 0 amide bonds. The highest BCUT2D eigenvalue weighted by Gasteiger charge is 2.06. The van der Waals surface area contributed by atoms with Crippen LogP contribution in [0.1, 0.15) is 31.1 Å². The second-order valence-electron chi connectivity index (χ2n) is 4.48. The fraction of sp³-hybridized carbons (Fsp3) is 0.176. The summed E-state index contributed by atoms with van der Waals surface area (Å²) in [6.45, 7) is 7.98. The lowest BCUT2D eigenvalue weighted by Crippen LogP contribution is -2.02. The number of allylic oxidation sites excluding steroid dienone is 1. The Hall–Kier alpha value is -2.02. The van der Waals surface area contributed by atoms with Gasteiger partial charge in [0.2, 0.25) is 0 Å². The van der Waals surface area contributed by atoms with Crippen LogP contribution in [0.25, 0.3) is 5.57 Å². The van der Waals surface area contributed by atoms with Crippen LogP contribution in [0.4, 0.5) is 0 Å². The van der Waals surface area contributed by atoms with Crippen LogP contribution in [0.3, 0.4) is 0 Å². The third-order valence-electron chi connectivity index (χ3n) is 2.93. The zero-order valence-corrected chi connectivity index (χ0v) is 10.9. The first kappa shape index (κ1) is 12.4. The van der Waals surface area contributed by atoms with Gasteiger partial charge in [0.25, 0.3) is 0 Å². The maximum atomic E-state index is 5.91. The van der Waals surface area contributed by atoms with Gasteiger partial charge in [-0.15, -0.1) is 0 Å². The Morgan fingerprint density at radius 2 is 1.61 bits per heavy atom. The van der Waals surface area contributed by atoms with Crippen molar-refractivity contribution in [1.82, 2.24) is 0 Å². The molecule has 0 bridgehead atoms. The minimum absolute atomic E-state index is 0.0573. The average Bonchev–Trinajstić information content (AvgIpc) is 2.40. The van der Waals surface area contributed by atoms with Crippen molar-refractivity contribution < 1.29 is 4.74 Å². The van der Waals surface area contributed by atoms with Crippen molar-refractivity contribution in [2.75, 3.05) is 0 Å². The van der Waals surface area contributed by atoms with Gasteiger partial charge >= 0.3 is 0 Å². The van der Waals surface area contributed by atoms with Gasteiger partial charge in [-0.3, -0.25) is 0 Å². The topological polar surface area (TPSA) is 9.23 Å². The summed E-state index contributed by atoms with van der Waals surface area (Å²) in [6.07, 6.45) is 0.0573. The van der Waals surface area contributed by atoms with Gasteiger partial charge in [0.1, 0.15) is 11.9 Å². The molecule has 0 aromatic heterocycles. The molecule has 2 aromatic rings. The Bertz CT molecular complexity index is 511. The van der Waals surface area contributed by atoms with E-state index < -0.39 is 0 Å². The van der Waals surface area contributed by atoms with E-state index >= 15 is 0 Å². The molecule has 0 aliphatic carbocycles. The highest BCUT2D eigenvalue weighted by molar-refractivity contribution is 5.61. The minimum Gasteiger partial charge on any atom is -0.486 e. The summed E-state index contributed by atoms with van der Waals surface area (Å²) in [5.41, 5.74) is 3.40. The predicted molar refractivity (Wildman–Crippen MR) is 76.6 cm³/mol. The molecule has 0 aliphatic heterocycles. The van der Waals surface area contributed by atoms with Gasteiger partial charge in [-0.25, -0.2) is 0 Å². The summed E-state index contributed by atoms with van der Waals surface area (Å²) in [5, 5.41) is 0. The Morgan fingerprint density at radius 1 is 1.00 bits per heavy atom. The summed E-state index contributed by atoms with van der Waals surface area (Å²) in [6, 6.07) is 18.3. The zero-order chi connectivity index (χ0) is 13.0. The largest absolute Gasteiger partial charge is 0.486 e. The molecule has 0 saturated carbocycles. The number of hydrogen-bond acceptors (Lipinski definition) is 1. The summed E-state index contributed by atoms with van der Waals surface area (Å²) in [7, 11) is 0. The highest BCUT2D eigenvalue weighted by atomic mass is 16.5. The lowest BCUT2D eigenvalue weighted by Gasteiger charge is -2.15.